The Morgan fingerprint density at radius 1 is 1.03 bits per heavy atom. The van der Waals surface area contributed by atoms with Crippen molar-refractivity contribution in [3.05, 3.63) is 64.9 Å². The van der Waals surface area contributed by atoms with Gasteiger partial charge in [-0.15, -0.1) is 12.4 Å². The third kappa shape index (κ3) is 3.86. The number of aliphatic hydroxyl groups excluding tert-OH is 1. The lowest BCUT2D eigenvalue weighted by molar-refractivity contribution is -0.114. The number of carbonyl (C=O) groups excluding carboxylic acids is 1. The van der Waals surface area contributed by atoms with E-state index in [4.69, 9.17) is 5.11 Å². The van der Waals surface area contributed by atoms with Gasteiger partial charge in [0.1, 0.15) is 5.70 Å². The number of amides is 1. The van der Waals surface area contributed by atoms with E-state index in [1.54, 1.807) is 0 Å². The third-order valence-electron chi connectivity index (χ3n) is 5.90. The summed E-state index contributed by atoms with van der Waals surface area (Å²) in [6.07, 6.45) is 2.83. The molecule has 1 fully saturated rings. The normalized spacial score (nSPS) is 19.2. The number of aliphatic imine (C=N–C) groups is 1. The largest absolute Gasteiger partial charge is 0.395 e. The highest BCUT2D eigenvalue weighted by Gasteiger charge is 2.27. The van der Waals surface area contributed by atoms with Crippen LogP contribution in [0.1, 0.15) is 16.7 Å². The number of benzene rings is 2. The van der Waals surface area contributed by atoms with Crippen LogP contribution < -0.4 is 5.32 Å². The van der Waals surface area contributed by atoms with Crippen LogP contribution in [-0.4, -0.2) is 66.1 Å². The average molecular weight is 425 g/mol. The molecule has 0 unspecified atom stereocenters. The maximum absolute atomic E-state index is 12.4. The molecule has 0 radical (unpaired) electrons. The minimum absolute atomic E-state index is 0. The number of hydrogen-bond acceptors (Lipinski definition) is 5. The smallest absolute Gasteiger partial charge is 0.296 e. The van der Waals surface area contributed by atoms with Gasteiger partial charge in [-0.3, -0.25) is 9.69 Å². The van der Waals surface area contributed by atoms with Crippen molar-refractivity contribution in [2.75, 3.05) is 39.3 Å². The summed E-state index contributed by atoms with van der Waals surface area (Å²) >= 11 is 0. The Morgan fingerprint density at radius 2 is 1.80 bits per heavy atom. The number of rotatable bonds is 3. The molecule has 1 amide bonds. The summed E-state index contributed by atoms with van der Waals surface area (Å²) < 4.78 is 0. The Hall–Kier alpha value is -2.67. The van der Waals surface area contributed by atoms with Crippen molar-refractivity contribution in [1.82, 2.24) is 15.1 Å². The molecule has 7 heteroatoms. The van der Waals surface area contributed by atoms with Crippen LogP contribution >= 0.6 is 12.4 Å². The van der Waals surface area contributed by atoms with Gasteiger partial charge >= 0.3 is 0 Å². The number of fused-ring (bicyclic) bond motifs is 3. The van der Waals surface area contributed by atoms with E-state index in [-0.39, 0.29) is 24.9 Å². The number of halogens is 1. The fraction of sp³-hybridized carbons (Fsp3) is 0.304. The summed E-state index contributed by atoms with van der Waals surface area (Å²) in [5.41, 5.74) is 6.78. The first-order valence-corrected chi connectivity index (χ1v) is 10.1. The molecule has 1 aliphatic carbocycles. The second kappa shape index (κ2) is 8.60. The number of piperazine rings is 1. The number of hydrogen-bond donors (Lipinski definition) is 2. The molecule has 2 aromatic carbocycles. The molecule has 1 saturated heterocycles. The van der Waals surface area contributed by atoms with Crippen LogP contribution in [0.25, 0.3) is 17.2 Å². The van der Waals surface area contributed by atoms with E-state index in [0.717, 1.165) is 38.2 Å². The van der Waals surface area contributed by atoms with Crippen molar-refractivity contribution in [1.29, 1.82) is 0 Å². The molecule has 0 aromatic heterocycles. The van der Waals surface area contributed by atoms with Crippen molar-refractivity contribution >= 4 is 30.3 Å². The Morgan fingerprint density at radius 3 is 2.60 bits per heavy atom. The van der Waals surface area contributed by atoms with Crippen LogP contribution in [0.4, 0.5) is 0 Å². The Kier molecular flexibility index (Phi) is 5.90. The number of β-amino-alcohol motifs (C(OH)–C–C–N with tert-alkyl or cyclic N) is 1. The molecule has 0 bridgehead atoms. The fourth-order valence-electron chi connectivity index (χ4n) is 4.35. The van der Waals surface area contributed by atoms with Crippen LogP contribution in [-0.2, 0) is 11.2 Å². The number of guanidine groups is 1. The number of nitrogens with one attached hydrogen (secondary N) is 1. The summed E-state index contributed by atoms with van der Waals surface area (Å²) in [4.78, 5) is 21.0. The first kappa shape index (κ1) is 20.6. The molecular weight excluding hydrogens is 400 g/mol. The van der Waals surface area contributed by atoms with Gasteiger partial charge in [-0.05, 0) is 40.3 Å². The molecule has 156 valence electrons. The van der Waals surface area contributed by atoms with E-state index >= 15 is 0 Å². The van der Waals surface area contributed by atoms with Crippen LogP contribution in [0.2, 0.25) is 0 Å². The van der Waals surface area contributed by atoms with E-state index < -0.39 is 0 Å². The van der Waals surface area contributed by atoms with Crippen LogP contribution in [0.3, 0.4) is 0 Å². The molecule has 30 heavy (non-hydrogen) atoms. The van der Waals surface area contributed by atoms with Gasteiger partial charge in [-0.25, -0.2) is 0 Å². The zero-order chi connectivity index (χ0) is 19.8. The van der Waals surface area contributed by atoms with Crippen molar-refractivity contribution in [2.45, 2.75) is 6.42 Å². The van der Waals surface area contributed by atoms with Crippen LogP contribution in [0.5, 0.6) is 0 Å². The first-order chi connectivity index (χ1) is 14.2. The van der Waals surface area contributed by atoms with Gasteiger partial charge in [-0.1, -0.05) is 42.5 Å². The molecule has 3 aliphatic rings. The molecule has 2 aromatic rings. The van der Waals surface area contributed by atoms with Crippen molar-refractivity contribution in [2.24, 2.45) is 4.99 Å². The summed E-state index contributed by atoms with van der Waals surface area (Å²) in [5, 5.41) is 12.3. The quantitative estimate of drug-likeness (QED) is 0.630. The fourth-order valence-corrected chi connectivity index (χ4v) is 4.35. The average Bonchev–Trinajstić information content (AvgIpc) is 3.29. The highest BCUT2D eigenvalue weighted by molar-refractivity contribution is 6.12. The summed E-state index contributed by atoms with van der Waals surface area (Å²) in [5.74, 6) is 0.417. The highest BCUT2D eigenvalue weighted by atomic mass is 35.5. The lowest BCUT2D eigenvalue weighted by Gasteiger charge is -2.35. The van der Waals surface area contributed by atoms with Gasteiger partial charge in [0.15, 0.2) is 0 Å². The number of aliphatic hydroxyl groups is 1. The Balaban J connectivity index is 0.00000218. The summed E-state index contributed by atoms with van der Waals surface area (Å²) in [7, 11) is 0. The predicted octanol–water partition coefficient (Wildman–Crippen LogP) is 2.12. The zero-order valence-corrected chi connectivity index (χ0v) is 17.5. The lowest BCUT2D eigenvalue weighted by Crippen LogP contribution is -2.51. The molecule has 0 saturated carbocycles. The monoisotopic (exact) mass is 424 g/mol. The SMILES string of the molecule is Cl.O=C1N=C(N2CCN(CCO)CC2)NC1=Cc1ccc2c(c1)Cc1ccccc1-2. The van der Waals surface area contributed by atoms with Crippen LogP contribution in [0, 0.1) is 0 Å². The topological polar surface area (TPSA) is 68.2 Å². The van der Waals surface area contributed by atoms with E-state index in [1.165, 1.54) is 22.3 Å². The van der Waals surface area contributed by atoms with E-state index in [9.17, 15) is 4.79 Å². The standard InChI is InChI=1S/C23H24N4O2.ClH/c28-12-11-26-7-9-27(10-8-26)23-24-21(22(29)25-23)14-16-5-6-20-18(13-16)15-17-3-1-2-4-19(17)20;/h1-6,13-14,28H,7-12,15H2,(H,24,25,29);1H. The molecule has 2 N–H and O–H groups in total. The highest BCUT2D eigenvalue weighted by Crippen LogP contribution is 2.37. The van der Waals surface area contributed by atoms with Gasteiger partial charge in [-0.2, -0.15) is 4.99 Å². The van der Waals surface area contributed by atoms with Gasteiger partial charge < -0.3 is 15.3 Å². The zero-order valence-electron chi connectivity index (χ0n) is 16.7. The lowest BCUT2D eigenvalue weighted by atomic mass is 10.0. The van der Waals surface area contributed by atoms with Crippen molar-refractivity contribution in [3.8, 4) is 11.1 Å². The molecule has 0 atom stereocenters. The number of carbonyl (C=O) groups is 1. The minimum atomic E-state index is -0.221. The maximum atomic E-state index is 12.4. The second-order valence-electron chi connectivity index (χ2n) is 7.73. The number of nitrogens with zero attached hydrogens (tertiary/aromatic N) is 3. The molecule has 0 spiro atoms. The molecule has 2 aliphatic heterocycles. The van der Waals surface area contributed by atoms with Gasteiger partial charge in [0.25, 0.3) is 5.91 Å². The second-order valence-corrected chi connectivity index (χ2v) is 7.73. The van der Waals surface area contributed by atoms with Gasteiger partial charge in [0.2, 0.25) is 5.96 Å². The van der Waals surface area contributed by atoms with E-state index in [2.05, 4.69) is 62.6 Å². The Labute approximate surface area is 182 Å². The predicted molar refractivity (Wildman–Crippen MR) is 121 cm³/mol. The van der Waals surface area contributed by atoms with Gasteiger partial charge in [0.05, 0.1) is 6.61 Å². The first-order valence-electron chi connectivity index (χ1n) is 10.1. The van der Waals surface area contributed by atoms with E-state index in [0.29, 0.717) is 18.2 Å². The molecule has 5 rings (SSSR count). The molecular formula is C23H25ClN4O2. The maximum Gasteiger partial charge on any atom is 0.296 e. The van der Waals surface area contributed by atoms with Crippen LogP contribution in [0.15, 0.2) is 53.2 Å². The van der Waals surface area contributed by atoms with E-state index in [1.807, 2.05) is 6.08 Å². The van der Waals surface area contributed by atoms with Crippen molar-refractivity contribution in [3.63, 3.8) is 0 Å². The Bertz CT molecular complexity index is 1030. The molecule has 6 nitrogen and oxygen atoms in total. The van der Waals surface area contributed by atoms with Crippen molar-refractivity contribution < 1.29 is 9.90 Å². The third-order valence-corrected chi connectivity index (χ3v) is 5.90. The summed E-state index contributed by atoms with van der Waals surface area (Å²) in [6, 6.07) is 14.9. The minimum Gasteiger partial charge on any atom is -0.395 e. The summed E-state index contributed by atoms with van der Waals surface area (Å²) in [6.45, 7) is 4.18. The molecule has 2 heterocycles. The van der Waals surface area contributed by atoms with Gasteiger partial charge in [0, 0.05) is 32.7 Å².